The molecular formula is C17H20N2O4. The minimum atomic E-state index is -0.506. The van der Waals surface area contributed by atoms with Crippen LogP contribution in [0.4, 0.5) is 0 Å². The van der Waals surface area contributed by atoms with Gasteiger partial charge in [0.25, 0.3) is 0 Å². The fraction of sp³-hybridized carbons (Fsp3) is 0.353. The Morgan fingerprint density at radius 3 is 2.57 bits per heavy atom. The van der Waals surface area contributed by atoms with Gasteiger partial charge in [-0.1, -0.05) is 32.0 Å². The standard InChI is InChI=1S/C17H20N2O4/c1-4-22-16(20)11-19-17(21)15(10-14(18-19)12(2)3)23-13-8-6-5-7-9-13/h5-10,12H,4,11H2,1-3H3. The van der Waals surface area contributed by atoms with E-state index in [-0.39, 0.29) is 24.8 Å². The van der Waals surface area contributed by atoms with Crippen LogP contribution in [-0.2, 0) is 16.1 Å². The van der Waals surface area contributed by atoms with Gasteiger partial charge in [-0.05, 0) is 25.0 Å². The Labute approximate surface area is 134 Å². The number of rotatable bonds is 6. The molecule has 1 aromatic carbocycles. The summed E-state index contributed by atoms with van der Waals surface area (Å²) in [7, 11) is 0. The SMILES string of the molecule is CCOC(=O)Cn1nc(C(C)C)cc(Oc2ccccc2)c1=O. The van der Waals surface area contributed by atoms with Crippen LogP contribution in [0.1, 0.15) is 32.4 Å². The van der Waals surface area contributed by atoms with Crippen LogP contribution in [0.15, 0.2) is 41.2 Å². The summed E-state index contributed by atoms with van der Waals surface area (Å²) >= 11 is 0. The van der Waals surface area contributed by atoms with Gasteiger partial charge in [0.1, 0.15) is 12.3 Å². The Kier molecular flexibility index (Phi) is 5.51. The molecule has 0 bridgehead atoms. The Bertz CT molecular complexity index is 723. The van der Waals surface area contributed by atoms with Crippen molar-refractivity contribution in [3.05, 3.63) is 52.4 Å². The Hall–Kier alpha value is -2.63. The molecule has 0 unspecified atom stereocenters. The van der Waals surface area contributed by atoms with Crippen molar-refractivity contribution in [3.63, 3.8) is 0 Å². The number of hydrogen-bond acceptors (Lipinski definition) is 5. The number of ether oxygens (including phenoxy) is 2. The first-order valence-electron chi connectivity index (χ1n) is 7.51. The zero-order valence-electron chi connectivity index (χ0n) is 13.5. The molecule has 0 spiro atoms. The summed E-state index contributed by atoms with van der Waals surface area (Å²) in [4.78, 5) is 24.1. The second-order valence-corrected chi connectivity index (χ2v) is 5.27. The summed E-state index contributed by atoms with van der Waals surface area (Å²) < 4.78 is 11.6. The highest BCUT2D eigenvalue weighted by molar-refractivity contribution is 5.69. The smallest absolute Gasteiger partial charge is 0.327 e. The van der Waals surface area contributed by atoms with Crippen LogP contribution in [0, 0.1) is 0 Å². The minimum absolute atomic E-state index is 0.0853. The lowest BCUT2D eigenvalue weighted by Crippen LogP contribution is -2.29. The van der Waals surface area contributed by atoms with Crippen molar-refractivity contribution in [2.75, 3.05) is 6.61 Å². The number of carbonyl (C=O) groups is 1. The lowest BCUT2D eigenvalue weighted by Gasteiger charge is -2.12. The third-order valence-corrected chi connectivity index (χ3v) is 3.11. The average Bonchev–Trinajstić information content (AvgIpc) is 2.52. The fourth-order valence-corrected chi connectivity index (χ4v) is 1.94. The number of aromatic nitrogens is 2. The molecule has 6 nitrogen and oxygen atoms in total. The van der Waals surface area contributed by atoms with Crippen LogP contribution in [-0.4, -0.2) is 22.4 Å². The van der Waals surface area contributed by atoms with Gasteiger partial charge in [-0.3, -0.25) is 9.59 Å². The third-order valence-electron chi connectivity index (χ3n) is 3.11. The topological polar surface area (TPSA) is 70.4 Å². The van der Waals surface area contributed by atoms with E-state index in [0.717, 1.165) is 4.68 Å². The molecule has 0 N–H and O–H groups in total. The maximum atomic E-state index is 12.5. The molecule has 6 heteroatoms. The molecule has 0 aliphatic rings. The van der Waals surface area contributed by atoms with Gasteiger partial charge in [0.15, 0.2) is 5.75 Å². The van der Waals surface area contributed by atoms with Crippen molar-refractivity contribution in [2.24, 2.45) is 0 Å². The second-order valence-electron chi connectivity index (χ2n) is 5.27. The Morgan fingerprint density at radius 2 is 1.96 bits per heavy atom. The van der Waals surface area contributed by atoms with Crippen LogP contribution in [0.2, 0.25) is 0 Å². The van der Waals surface area contributed by atoms with Gasteiger partial charge in [0.05, 0.1) is 12.3 Å². The van der Waals surface area contributed by atoms with E-state index >= 15 is 0 Å². The van der Waals surface area contributed by atoms with Crippen LogP contribution >= 0.6 is 0 Å². The summed E-state index contributed by atoms with van der Waals surface area (Å²) in [5.41, 5.74) is 0.200. The van der Waals surface area contributed by atoms with Crippen molar-refractivity contribution >= 4 is 5.97 Å². The first-order chi connectivity index (χ1) is 11.0. The third kappa shape index (κ3) is 4.42. The highest BCUT2D eigenvalue weighted by atomic mass is 16.5. The summed E-state index contributed by atoms with van der Waals surface area (Å²) in [5.74, 6) is 0.267. The van der Waals surface area contributed by atoms with E-state index in [4.69, 9.17) is 9.47 Å². The molecule has 23 heavy (non-hydrogen) atoms. The largest absolute Gasteiger partial charge is 0.465 e. The molecule has 1 heterocycles. The van der Waals surface area contributed by atoms with Gasteiger partial charge < -0.3 is 9.47 Å². The molecule has 2 rings (SSSR count). The van der Waals surface area contributed by atoms with Crippen LogP contribution in [0.3, 0.4) is 0 Å². The Morgan fingerprint density at radius 1 is 1.26 bits per heavy atom. The molecular weight excluding hydrogens is 296 g/mol. The van der Waals surface area contributed by atoms with Crippen LogP contribution in [0.25, 0.3) is 0 Å². The minimum Gasteiger partial charge on any atom is -0.465 e. The van der Waals surface area contributed by atoms with Gasteiger partial charge >= 0.3 is 11.5 Å². The monoisotopic (exact) mass is 316 g/mol. The quantitative estimate of drug-likeness (QED) is 0.766. The Balaban J connectivity index is 2.39. The van der Waals surface area contributed by atoms with Gasteiger partial charge in [-0.15, -0.1) is 0 Å². The summed E-state index contributed by atoms with van der Waals surface area (Å²) in [5, 5.41) is 4.22. The van der Waals surface area contributed by atoms with Gasteiger partial charge in [0.2, 0.25) is 0 Å². The molecule has 0 aliphatic carbocycles. The number of para-hydroxylation sites is 1. The van der Waals surface area contributed by atoms with Crippen molar-refractivity contribution in [3.8, 4) is 11.5 Å². The highest BCUT2D eigenvalue weighted by Gasteiger charge is 2.15. The van der Waals surface area contributed by atoms with Crippen LogP contribution < -0.4 is 10.3 Å². The predicted molar refractivity (Wildman–Crippen MR) is 85.7 cm³/mol. The number of esters is 1. The normalized spacial score (nSPS) is 10.6. The van der Waals surface area contributed by atoms with Gasteiger partial charge in [-0.25, -0.2) is 4.68 Å². The van der Waals surface area contributed by atoms with E-state index in [9.17, 15) is 9.59 Å². The summed E-state index contributed by atoms with van der Waals surface area (Å²) in [6.07, 6.45) is 0. The zero-order chi connectivity index (χ0) is 16.8. The molecule has 0 saturated heterocycles. The molecule has 0 atom stereocenters. The molecule has 0 radical (unpaired) electrons. The summed E-state index contributed by atoms with van der Waals surface area (Å²) in [6, 6.07) is 10.6. The van der Waals surface area contributed by atoms with E-state index in [1.54, 1.807) is 25.1 Å². The van der Waals surface area contributed by atoms with Crippen molar-refractivity contribution in [2.45, 2.75) is 33.2 Å². The molecule has 0 saturated carbocycles. The number of hydrogen-bond donors (Lipinski definition) is 0. The lowest BCUT2D eigenvalue weighted by atomic mass is 10.1. The van der Waals surface area contributed by atoms with E-state index in [0.29, 0.717) is 11.4 Å². The lowest BCUT2D eigenvalue weighted by molar-refractivity contribution is -0.144. The van der Waals surface area contributed by atoms with E-state index < -0.39 is 11.5 Å². The van der Waals surface area contributed by atoms with Crippen molar-refractivity contribution < 1.29 is 14.3 Å². The number of carbonyl (C=O) groups excluding carboxylic acids is 1. The molecule has 0 aliphatic heterocycles. The van der Waals surface area contributed by atoms with E-state index in [1.807, 2.05) is 32.0 Å². The molecule has 1 aromatic heterocycles. The zero-order valence-corrected chi connectivity index (χ0v) is 13.5. The maximum absolute atomic E-state index is 12.5. The first kappa shape index (κ1) is 16.7. The molecule has 122 valence electrons. The van der Waals surface area contributed by atoms with Crippen LogP contribution in [0.5, 0.6) is 11.5 Å². The molecule has 0 amide bonds. The summed E-state index contributed by atoms with van der Waals surface area (Å²) in [6.45, 7) is 5.63. The maximum Gasteiger partial charge on any atom is 0.327 e. The average molecular weight is 316 g/mol. The number of benzene rings is 1. The number of nitrogens with zero attached hydrogens (tertiary/aromatic N) is 2. The molecule has 2 aromatic rings. The van der Waals surface area contributed by atoms with Gasteiger partial charge in [-0.2, -0.15) is 5.10 Å². The first-order valence-corrected chi connectivity index (χ1v) is 7.51. The predicted octanol–water partition coefficient (Wildman–Crippen LogP) is 2.72. The molecule has 0 fully saturated rings. The van der Waals surface area contributed by atoms with Crippen molar-refractivity contribution in [1.82, 2.24) is 9.78 Å². The van der Waals surface area contributed by atoms with E-state index in [2.05, 4.69) is 5.10 Å². The second kappa shape index (κ2) is 7.58. The van der Waals surface area contributed by atoms with E-state index in [1.165, 1.54) is 0 Å². The van der Waals surface area contributed by atoms with Gasteiger partial charge in [0, 0.05) is 6.07 Å². The van der Waals surface area contributed by atoms with Crippen molar-refractivity contribution in [1.29, 1.82) is 0 Å². The highest BCUT2D eigenvalue weighted by Crippen LogP contribution is 2.20. The fourth-order valence-electron chi connectivity index (χ4n) is 1.94.